The lowest BCUT2D eigenvalue weighted by Gasteiger charge is -2.38. The lowest BCUT2D eigenvalue weighted by Crippen LogP contribution is -2.53. The number of carbonyl (C=O) groups excluding carboxylic acids is 3. The zero-order chi connectivity index (χ0) is 43.4. The summed E-state index contributed by atoms with van der Waals surface area (Å²) in [6.45, 7) is 11.3. The molecule has 1 atom stereocenters. The van der Waals surface area contributed by atoms with Crippen LogP contribution in [0.4, 0.5) is 27.9 Å². The van der Waals surface area contributed by atoms with Crippen LogP contribution in [0.3, 0.4) is 0 Å². The zero-order valence-corrected chi connectivity index (χ0v) is 34.7. The van der Waals surface area contributed by atoms with Crippen LogP contribution in [0.2, 0.25) is 5.02 Å². The zero-order valence-electron chi connectivity index (χ0n) is 33.1. The number of amides is 2. The quantitative estimate of drug-likeness (QED) is 0.0787. The minimum atomic E-state index is -4.96. The van der Waals surface area contributed by atoms with Crippen LogP contribution in [0.5, 0.6) is 5.75 Å². The molecule has 1 aliphatic rings. The molecule has 4 aromatic rings. The molecule has 5 N–H and O–H groups in total. The number of phosphoric ester groups is 1. The number of benzene rings is 2. The Morgan fingerprint density at radius 1 is 1.10 bits per heavy atom. The molecule has 2 amide bonds. The average Bonchev–Trinajstić information content (AvgIpc) is 3.57. The molecule has 1 aliphatic heterocycles. The van der Waals surface area contributed by atoms with Gasteiger partial charge in [0.05, 0.1) is 46.7 Å². The van der Waals surface area contributed by atoms with E-state index in [1.54, 1.807) is 53.7 Å². The topological polar surface area (TPSA) is 275 Å². The fourth-order valence-corrected chi connectivity index (χ4v) is 7.62. The number of aryl methyl sites for hydroxylation is 2. The maximum Gasteiger partial charge on any atom is 0.524 e. The number of esters is 1. The molecule has 59 heavy (non-hydrogen) atoms. The van der Waals surface area contributed by atoms with Gasteiger partial charge in [-0.2, -0.15) is 20.0 Å². The number of fused-ring (bicyclic) bond motifs is 1. The number of nitrogens with zero attached hydrogens (tertiary/aromatic N) is 9. The predicted molar refractivity (Wildman–Crippen MR) is 214 cm³/mol. The fourth-order valence-electron chi connectivity index (χ4n) is 6.90. The Labute approximate surface area is 344 Å². The van der Waals surface area contributed by atoms with Crippen molar-refractivity contribution in [2.75, 3.05) is 54.6 Å². The summed E-state index contributed by atoms with van der Waals surface area (Å²) in [6, 6.07) is 9.67. The Kier molecular flexibility index (Phi) is 13.3. The Bertz CT molecular complexity index is 2420. The van der Waals surface area contributed by atoms with E-state index >= 15 is 0 Å². The molecule has 0 aliphatic carbocycles. The first-order valence-electron chi connectivity index (χ1n) is 18.2. The van der Waals surface area contributed by atoms with E-state index in [4.69, 9.17) is 31.3 Å². The van der Waals surface area contributed by atoms with Gasteiger partial charge < -0.3 is 29.9 Å². The number of hydrogen-bond donors (Lipinski definition) is 4. The van der Waals surface area contributed by atoms with Gasteiger partial charge in [-0.1, -0.05) is 31.5 Å². The second kappa shape index (κ2) is 17.9. The number of nitrogens with two attached hydrogens (primary N) is 1. The molecule has 3 heterocycles. The number of ether oxygens (including phenoxy) is 2. The van der Waals surface area contributed by atoms with Crippen molar-refractivity contribution in [1.29, 1.82) is 10.5 Å². The molecule has 20 nitrogen and oxygen atoms in total. The number of piperazine rings is 1. The first-order chi connectivity index (χ1) is 27.8. The van der Waals surface area contributed by atoms with Crippen molar-refractivity contribution in [3.63, 3.8) is 0 Å². The van der Waals surface area contributed by atoms with Crippen LogP contribution in [0.1, 0.15) is 62.1 Å². The molecule has 5 rings (SSSR count). The maximum absolute atomic E-state index is 14.2. The van der Waals surface area contributed by atoms with Crippen molar-refractivity contribution in [3.8, 4) is 17.9 Å². The second-order valence-corrected chi connectivity index (χ2v) is 15.8. The average molecular weight is 852 g/mol. The van der Waals surface area contributed by atoms with Crippen LogP contribution >= 0.6 is 19.4 Å². The highest BCUT2D eigenvalue weighted by atomic mass is 35.5. The number of rotatable bonds is 14. The standard InChI is InChI=1S/C37H43ClN11O9P/c1-7-42-33-34-43-19-25(18-40)49(34)45-35(44-33)48(27-15-24(17-39)14-26(31(27)38)47-10-8-46(9-11-47)23(4)32(41)51)36(52)57-20-56-29(50)16-37(5,6)30-22(3)12-21(2)13-28(30)58-59(53,54)55/h12-15,19,23H,7-11,16,20H2,1-6H3,(H2,41,51)(H,42,44,45)(H2,53,54,55). The number of anilines is 4. The van der Waals surface area contributed by atoms with Gasteiger partial charge in [0.2, 0.25) is 12.7 Å². The van der Waals surface area contributed by atoms with Gasteiger partial charge in [-0.05, 0) is 57.0 Å². The van der Waals surface area contributed by atoms with Crippen molar-refractivity contribution >= 4 is 66.2 Å². The van der Waals surface area contributed by atoms with E-state index in [0.717, 1.165) is 4.90 Å². The summed E-state index contributed by atoms with van der Waals surface area (Å²) in [5.74, 6) is -1.61. The van der Waals surface area contributed by atoms with E-state index < -0.39 is 44.0 Å². The van der Waals surface area contributed by atoms with E-state index in [1.165, 1.54) is 22.8 Å². The Hall–Kier alpha value is -6.02. The van der Waals surface area contributed by atoms with Crippen molar-refractivity contribution in [1.82, 2.24) is 24.5 Å². The lowest BCUT2D eigenvalue weighted by molar-refractivity contribution is -0.153. The normalized spacial score (nSPS) is 13.9. The molecule has 22 heteroatoms. The number of nitriles is 2. The van der Waals surface area contributed by atoms with Gasteiger partial charge in [0.25, 0.3) is 5.95 Å². The number of aromatic nitrogens is 4. The second-order valence-electron chi connectivity index (χ2n) is 14.3. The molecular weight excluding hydrogens is 809 g/mol. The number of primary amides is 1. The summed E-state index contributed by atoms with van der Waals surface area (Å²) in [7, 11) is -4.96. The highest BCUT2D eigenvalue weighted by Crippen LogP contribution is 2.45. The van der Waals surface area contributed by atoms with Crippen LogP contribution in [0.15, 0.2) is 30.5 Å². The molecule has 0 saturated carbocycles. The molecule has 1 unspecified atom stereocenters. The Balaban J connectivity index is 1.48. The van der Waals surface area contributed by atoms with Crippen molar-refractivity contribution < 1.29 is 42.7 Å². The molecule has 1 fully saturated rings. The van der Waals surface area contributed by atoms with Crippen LogP contribution in [0, 0.1) is 36.5 Å². The van der Waals surface area contributed by atoms with E-state index in [0.29, 0.717) is 55.1 Å². The molecule has 0 bridgehead atoms. The summed E-state index contributed by atoms with van der Waals surface area (Å²) in [6.07, 6.45) is -0.242. The third-order valence-electron chi connectivity index (χ3n) is 9.54. The minimum Gasteiger partial charge on any atom is -0.428 e. The minimum absolute atomic E-state index is 0.00211. The summed E-state index contributed by atoms with van der Waals surface area (Å²) < 4.78 is 28.8. The first kappa shape index (κ1) is 44.1. The third kappa shape index (κ3) is 9.99. The largest absolute Gasteiger partial charge is 0.524 e. The molecule has 0 spiro atoms. The van der Waals surface area contributed by atoms with Gasteiger partial charge in [0.1, 0.15) is 11.8 Å². The summed E-state index contributed by atoms with van der Waals surface area (Å²) in [5, 5.41) is 27.4. The molecule has 0 radical (unpaired) electrons. The highest BCUT2D eigenvalue weighted by Gasteiger charge is 2.34. The van der Waals surface area contributed by atoms with E-state index in [2.05, 4.69) is 26.5 Å². The Morgan fingerprint density at radius 2 is 1.80 bits per heavy atom. The van der Waals surface area contributed by atoms with Gasteiger partial charge in [-0.15, -0.1) is 5.10 Å². The van der Waals surface area contributed by atoms with Gasteiger partial charge in [0, 0.05) is 43.7 Å². The number of phosphoric acid groups is 1. The van der Waals surface area contributed by atoms with Gasteiger partial charge in [0.15, 0.2) is 17.2 Å². The molecular formula is C37H43ClN11O9P. The highest BCUT2D eigenvalue weighted by molar-refractivity contribution is 7.46. The van der Waals surface area contributed by atoms with Crippen molar-refractivity contribution in [3.05, 3.63) is 63.4 Å². The third-order valence-corrected chi connectivity index (χ3v) is 10.4. The number of imidazole rings is 1. The summed E-state index contributed by atoms with van der Waals surface area (Å²) in [4.78, 5) is 71.9. The van der Waals surface area contributed by atoms with Crippen LogP contribution in [-0.2, 0) is 29.0 Å². The monoisotopic (exact) mass is 851 g/mol. The van der Waals surface area contributed by atoms with Gasteiger partial charge >= 0.3 is 19.9 Å². The molecule has 2 aromatic carbocycles. The SMILES string of the molecule is CCNc1nc(N(C(=O)OCOC(=O)CC(C)(C)c2c(C)cc(C)cc2OP(=O)(O)O)c2cc(C#N)cc(N3CCN(C(C)C(N)=O)CC3)c2Cl)nn2c(C#N)cnc12. The summed E-state index contributed by atoms with van der Waals surface area (Å²) >= 11 is 7.08. The fraction of sp³-hybridized carbons (Fsp3) is 0.405. The number of nitrogens with one attached hydrogen (secondary N) is 1. The van der Waals surface area contributed by atoms with E-state index in [9.17, 15) is 39.3 Å². The lowest BCUT2D eigenvalue weighted by atomic mass is 9.78. The van der Waals surface area contributed by atoms with Crippen LogP contribution < -0.4 is 25.4 Å². The molecule has 312 valence electrons. The predicted octanol–water partition coefficient (Wildman–Crippen LogP) is 4.18. The van der Waals surface area contributed by atoms with E-state index in [-0.39, 0.29) is 51.6 Å². The summed E-state index contributed by atoms with van der Waals surface area (Å²) in [5.41, 5.74) is 6.65. The van der Waals surface area contributed by atoms with Crippen LogP contribution in [-0.4, -0.2) is 97.8 Å². The maximum atomic E-state index is 14.2. The smallest absolute Gasteiger partial charge is 0.428 e. The number of hydrogen-bond acceptors (Lipinski definition) is 15. The number of carbonyl (C=O) groups is 3. The van der Waals surface area contributed by atoms with Crippen molar-refractivity contribution in [2.24, 2.45) is 5.73 Å². The van der Waals surface area contributed by atoms with Gasteiger partial charge in [-0.25, -0.2) is 19.2 Å². The van der Waals surface area contributed by atoms with Gasteiger partial charge in [-0.3, -0.25) is 24.3 Å². The molecule has 2 aromatic heterocycles. The molecule has 1 saturated heterocycles. The first-order valence-corrected chi connectivity index (χ1v) is 20.1. The Morgan fingerprint density at radius 3 is 2.41 bits per heavy atom. The van der Waals surface area contributed by atoms with Crippen molar-refractivity contribution in [2.45, 2.75) is 59.4 Å². The number of halogens is 1. The van der Waals surface area contributed by atoms with Crippen LogP contribution in [0.25, 0.3) is 5.65 Å². The van der Waals surface area contributed by atoms with E-state index in [1.807, 2.05) is 15.9 Å².